The first-order chi connectivity index (χ1) is 30.8. The summed E-state index contributed by atoms with van der Waals surface area (Å²) in [6.45, 7) is 0. The second-order valence-electron chi connectivity index (χ2n) is 16.4. The van der Waals surface area contributed by atoms with Gasteiger partial charge >= 0.3 is 0 Å². The minimum atomic E-state index is -0.433. The largest absolute Gasteiger partial charge is 0.312 e. The van der Waals surface area contributed by atoms with Crippen LogP contribution in [-0.4, -0.2) is 19.5 Å². The summed E-state index contributed by atoms with van der Waals surface area (Å²) in [5.74, 6) is 1.84. The highest BCUT2D eigenvalue weighted by atomic mass is 15.0. The molecule has 0 saturated heterocycles. The third-order valence-electron chi connectivity index (χ3n) is 13.2. The van der Waals surface area contributed by atoms with Gasteiger partial charge in [-0.2, -0.15) is 0 Å². The van der Waals surface area contributed by atoms with Gasteiger partial charge in [0.25, 0.3) is 0 Å². The number of aromatic nitrogens is 4. The zero-order valence-electron chi connectivity index (χ0n) is 33.7. The van der Waals surface area contributed by atoms with E-state index < -0.39 is 5.41 Å². The summed E-state index contributed by atoms with van der Waals surface area (Å²) in [5.41, 5.74) is 26.7. The molecule has 4 aliphatic carbocycles. The van der Waals surface area contributed by atoms with Crippen molar-refractivity contribution in [3.63, 3.8) is 0 Å². The normalized spacial score (nSPS) is 14.6. The van der Waals surface area contributed by atoms with Crippen LogP contribution in [0.5, 0.6) is 0 Å². The van der Waals surface area contributed by atoms with E-state index in [1.807, 2.05) is 66.7 Å². The molecule has 0 saturated carbocycles. The van der Waals surface area contributed by atoms with Crippen LogP contribution < -0.4 is 0 Å². The number of rotatable bonds is 5. The van der Waals surface area contributed by atoms with E-state index in [4.69, 9.17) is 15.0 Å². The molecule has 4 heteroatoms. The highest BCUT2D eigenvalue weighted by Crippen LogP contribution is 2.64. The monoisotopic (exact) mass is 788 g/mol. The smallest absolute Gasteiger partial charge is 0.164 e. The first-order valence-corrected chi connectivity index (χ1v) is 21.3. The predicted octanol–water partition coefficient (Wildman–Crippen LogP) is 13.2. The second-order valence-corrected chi connectivity index (χ2v) is 16.4. The van der Waals surface area contributed by atoms with E-state index >= 15 is 0 Å². The third-order valence-corrected chi connectivity index (χ3v) is 13.2. The maximum atomic E-state index is 5.06. The van der Waals surface area contributed by atoms with Gasteiger partial charge in [0.2, 0.25) is 0 Å². The SMILES string of the molecule is C1=C=C(c2ccccc2-n2c3c(c4ccc5c(c42)-c2ccccc2C52c4ccccc4-c4ccccc42)C=CCC3)C=C(c2nc(-c3ccccc3)nc(-c3ccccc3)n2)C=1. The molecule has 9 aromatic rings. The Labute approximate surface area is 359 Å². The average Bonchev–Trinajstić information content (AvgIpc) is 3.96. The molecule has 288 valence electrons. The van der Waals surface area contributed by atoms with E-state index in [0.717, 1.165) is 46.4 Å². The van der Waals surface area contributed by atoms with Crippen LogP contribution in [-0.2, 0) is 11.8 Å². The Bertz CT molecular complexity index is 3430. The topological polar surface area (TPSA) is 43.6 Å². The van der Waals surface area contributed by atoms with Crippen molar-refractivity contribution in [2.45, 2.75) is 18.3 Å². The fourth-order valence-electron chi connectivity index (χ4n) is 10.7. The number of hydrogen-bond donors (Lipinski definition) is 0. The van der Waals surface area contributed by atoms with Crippen molar-refractivity contribution in [2.75, 3.05) is 0 Å². The van der Waals surface area contributed by atoms with E-state index in [-0.39, 0.29) is 0 Å². The summed E-state index contributed by atoms with van der Waals surface area (Å²) < 4.78 is 2.58. The Morgan fingerprint density at radius 2 is 1.08 bits per heavy atom. The maximum absolute atomic E-state index is 5.06. The standard InChI is InChI=1S/C58H36N4/c1-3-18-37(19-4-1)55-59-56(38-20-5-2-6-21-38)61-57(60-55)40-23-17-22-39(36-40)41-24-10-15-32-51(41)62-52-33-16-11-27-44(52)45-34-35-50-53(54(45)62)46-28-9-14-31-49(46)58(50)47-29-12-7-25-42(47)43-26-8-13-30-48(43)58/h1-15,18-21,23-32,34-36H,16,33H2. The quantitative estimate of drug-likeness (QED) is 0.163. The minimum Gasteiger partial charge on any atom is -0.312 e. The molecular weight excluding hydrogens is 753 g/mol. The number of benzene rings is 7. The van der Waals surface area contributed by atoms with Gasteiger partial charge in [-0.25, -0.2) is 15.0 Å². The van der Waals surface area contributed by atoms with Crippen LogP contribution in [0.1, 0.15) is 51.3 Å². The Morgan fingerprint density at radius 1 is 0.516 bits per heavy atom. The molecule has 0 N–H and O–H groups in total. The number of nitrogens with zero attached hydrogens (tertiary/aromatic N) is 4. The van der Waals surface area contributed by atoms with Crippen LogP contribution in [0.4, 0.5) is 0 Å². The molecule has 0 aliphatic heterocycles. The van der Waals surface area contributed by atoms with E-state index in [1.165, 1.54) is 66.7 Å². The lowest BCUT2D eigenvalue weighted by Crippen LogP contribution is -2.25. The van der Waals surface area contributed by atoms with E-state index in [9.17, 15) is 0 Å². The van der Waals surface area contributed by atoms with Crippen molar-refractivity contribution < 1.29 is 0 Å². The van der Waals surface area contributed by atoms with Crippen LogP contribution in [0, 0.1) is 0 Å². The number of allylic oxidation sites excluding steroid dienone is 5. The van der Waals surface area contributed by atoms with Gasteiger partial charge in [-0.3, -0.25) is 0 Å². The molecular formula is C58H36N4. The van der Waals surface area contributed by atoms with Crippen molar-refractivity contribution in [2.24, 2.45) is 0 Å². The molecule has 0 fully saturated rings. The lowest BCUT2D eigenvalue weighted by atomic mass is 9.70. The van der Waals surface area contributed by atoms with Gasteiger partial charge < -0.3 is 4.57 Å². The summed E-state index contributed by atoms with van der Waals surface area (Å²) >= 11 is 0. The van der Waals surface area contributed by atoms with E-state index in [2.05, 4.69) is 143 Å². The predicted molar refractivity (Wildman–Crippen MR) is 251 cm³/mol. The molecule has 0 atom stereocenters. The van der Waals surface area contributed by atoms with Gasteiger partial charge in [-0.05, 0) is 70.0 Å². The average molecular weight is 789 g/mol. The van der Waals surface area contributed by atoms with Gasteiger partial charge in [0.1, 0.15) is 0 Å². The van der Waals surface area contributed by atoms with Gasteiger partial charge in [0.15, 0.2) is 17.5 Å². The molecule has 0 unspecified atom stereocenters. The molecule has 2 heterocycles. The summed E-state index contributed by atoms with van der Waals surface area (Å²) in [4.78, 5) is 15.1. The van der Waals surface area contributed by atoms with Crippen LogP contribution in [0.15, 0.2) is 200 Å². The molecule has 13 rings (SSSR count). The van der Waals surface area contributed by atoms with Crippen molar-refractivity contribution >= 4 is 28.1 Å². The molecule has 1 spiro atoms. The summed E-state index contributed by atoms with van der Waals surface area (Å²) in [6, 6.07) is 61.1. The molecule has 4 nitrogen and oxygen atoms in total. The molecule has 4 aliphatic rings. The van der Waals surface area contributed by atoms with Crippen LogP contribution >= 0.6 is 0 Å². The van der Waals surface area contributed by atoms with E-state index in [1.54, 1.807) is 0 Å². The Morgan fingerprint density at radius 3 is 1.76 bits per heavy atom. The Hall–Kier alpha value is -8.13. The molecule has 7 aromatic carbocycles. The first-order valence-electron chi connectivity index (χ1n) is 21.3. The first kappa shape index (κ1) is 34.7. The Kier molecular flexibility index (Phi) is 7.52. The summed E-state index contributed by atoms with van der Waals surface area (Å²) in [7, 11) is 0. The van der Waals surface area contributed by atoms with Crippen LogP contribution in [0.25, 0.3) is 78.8 Å². The molecule has 0 bridgehead atoms. The minimum absolute atomic E-state index is 0.433. The number of hydrogen-bond acceptors (Lipinski definition) is 3. The van der Waals surface area contributed by atoms with Crippen molar-refractivity contribution in [3.05, 3.63) is 244 Å². The molecule has 0 radical (unpaired) electrons. The zero-order chi connectivity index (χ0) is 40.8. The number of fused-ring (bicyclic) bond motifs is 14. The van der Waals surface area contributed by atoms with Crippen molar-refractivity contribution in [1.82, 2.24) is 19.5 Å². The van der Waals surface area contributed by atoms with Crippen molar-refractivity contribution in [3.8, 4) is 50.7 Å². The van der Waals surface area contributed by atoms with Gasteiger partial charge in [-0.1, -0.05) is 187 Å². The second kappa shape index (κ2) is 13.4. The Balaban J connectivity index is 1.04. The number of para-hydroxylation sites is 1. The fraction of sp³-hybridized carbons (Fsp3) is 0.0517. The summed E-state index contributed by atoms with van der Waals surface area (Å²) in [5, 5.41) is 1.27. The lowest BCUT2D eigenvalue weighted by Gasteiger charge is -2.30. The zero-order valence-corrected chi connectivity index (χ0v) is 33.7. The maximum Gasteiger partial charge on any atom is 0.164 e. The van der Waals surface area contributed by atoms with Gasteiger partial charge in [-0.15, -0.1) is 0 Å². The van der Waals surface area contributed by atoms with Crippen LogP contribution in [0.2, 0.25) is 0 Å². The fourth-order valence-corrected chi connectivity index (χ4v) is 10.7. The summed E-state index contributed by atoms with van der Waals surface area (Å²) in [6.07, 6.45) is 10.7. The van der Waals surface area contributed by atoms with Gasteiger partial charge in [0.05, 0.1) is 16.6 Å². The highest BCUT2D eigenvalue weighted by molar-refractivity contribution is 6.09. The van der Waals surface area contributed by atoms with Crippen LogP contribution in [0.3, 0.4) is 0 Å². The van der Waals surface area contributed by atoms with Gasteiger partial charge in [0, 0.05) is 50.0 Å². The lowest BCUT2D eigenvalue weighted by molar-refractivity contribution is 0.794. The third kappa shape index (κ3) is 4.88. The van der Waals surface area contributed by atoms with Crippen molar-refractivity contribution in [1.29, 1.82) is 0 Å². The molecule has 2 aromatic heterocycles. The highest BCUT2D eigenvalue weighted by Gasteiger charge is 2.52. The molecule has 62 heavy (non-hydrogen) atoms. The molecule has 0 amide bonds. The van der Waals surface area contributed by atoms with E-state index in [0.29, 0.717) is 17.5 Å².